The first kappa shape index (κ1) is 19.7. The molecule has 0 aromatic heterocycles. The van der Waals surface area contributed by atoms with Gasteiger partial charge in [0.05, 0.1) is 8.49 Å². The molecule has 5 nitrogen and oxygen atoms in total. The van der Waals surface area contributed by atoms with Crippen LogP contribution in [0.4, 0.5) is 5.69 Å². The molecule has 6 heteroatoms. The standard InChI is InChI=1S/C23H20INO4/c1-15-12-21(25(26)27)18-8-5-9-19(18)23(15)29-17-10-11-22(20(24)13-17)28-14-16-6-3-2-4-7-16/h2-4,6-7,10-13H,5,8-9,14H2,1H3. The van der Waals surface area contributed by atoms with E-state index in [0.29, 0.717) is 12.4 Å². The Bertz CT molecular complexity index is 1070. The Morgan fingerprint density at radius 1 is 1.07 bits per heavy atom. The molecule has 0 saturated carbocycles. The molecule has 29 heavy (non-hydrogen) atoms. The second-order valence-corrected chi connectivity index (χ2v) is 8.24. The highest BCUT2D eigenvalue weighted by atomic mass is 127. The van der Waals surface area contributed by atoms with Gasteiger partial charge in [-0.05, 0) is 78.1 Å². The molecule has 0 amide bonds. The lowest BCUT2D eigenvalue weighted by atomic mass is 10.0. The van der Waals surface area contributed by atoms with Gasteiger partial charge in [0.25, 0.3) is 5.69 Å². The quantitative estimate of drug-likeness (QED) is 0.224. The average molecular weight is 501 g/mol. The molecule has 3 aromatic carbocycles. The van der Waals surface area contributed by atoms with Crippen LogP contribution >= 0.6 is 22.6 Å². The lowest BCUT2D eigenvalue weighted by Gasteiger charge is -2.15. The van der Waals surface area contributed by atoms with Crippen molar-refractivity contribution in [3.8, 4) is 17.2 Å². The summed E-state index contributed by atoms with van der Waals surface area (Å²) in [7, 11) is 0. The lowest BCUT2D eigenvalue weighted by molar-refractivity contribution is -0.385. The zero-order valence-corrected chi connectivity index (χ0v) is 18.1. The molecule has 0 spiro atoms. The van der Waals surface area contributed by atoms with Crippen molar-refractivity contribution in [2.75, 3.05) is 0 Å². The summed E-state index contributed by atoms with van der Waals surface area (Å²) >= 11 is 2.24. The molecule has 148 valence electrons. The van der Waals surface area contributed by atoms with Crippen LogP contribution in [-0.4, -0.2) is 4.92 Å². The number of hydrogen-bond donors (Lipinski definition) is 0. The van der Waals surface area contributed by atoms with E-state index < -0.39 is 0 Å². The molecule has 0 fully saturated rings. The maximum atomic E-state index is 11.4. The highest BCUT2D eigenvalue weighted by Gasteiger charge is 2.27. The fourth-order valence-electron chi connectivity index (χ4n) is 3.69. The van der Waals surface area contributed by atoms with E-state index in [2.05, 4.69) is 22.6 Å². The first-order valence-corrected chi connectivity index (χ1v) is 10.5. The summed E-state index contributed by atoms with van der Waals surface area (Å²) in [5, 5.41) is 11.4. The van der Waals surface area contributed by atoms with Crippen LogP contribution in [0.2, 0.25) is 0 Å². The lowest BCUT2D eigenvalue weighted by Crippen LogP contribution is -2.00. The predicted molar refractivity (Wildman–Crippen MR) is 120 cm³/mol. The van der Waals surface area contributed by atoms with Crippen molar-refractivity contribution >= 4 is 28.3 Å². The summed E-state index contributed by atoms with van der Waals surface area (Å²) in [6.45, 7) is 2.37. The van der Waals surface area contributed by atoms with Crippen LogP contribution in [0, 0.1) is 20.6 Å². The zero-order valence-electron chi connectivity index (χ0n) is 16.0. The number of nitro benzene ring substituents is 1. The number of aryl methyl sites for hydroxylation is 1. The van der Waals surface area contributed by atoms with Crippen LogP contribution in [0.3, 0.4) is 0 Å². The van der Waals surface area contributed by atoms with E-state index in [4.69, 9.17) is 9.47 Å². The van der Waals surface area contributed by atoms with E-state index in [9.17, 15) is 10.1 Å². The Balaban J connectivity index is 1.56. The number of hydrogen-bond acceptors (Lipinski definition) is 4. The van der Waals surface area contributed by atoms with Gasteiger partial charge in [0.1, 0.15) is 23.9 Å². The first-order valence-electron chi connectivity index (χ1n) is 9.47. The van der Waals surface area contributed by atoms with Crippen molar-refractivity contribution in [2.45, 2.75) is 32.8 Å². The number of rotatable bonds is 6. The van der Waals surface area contributed by atoms with Gasteiger partial charge < -0.3 is 9.47 Å². The van der Waals surface area contributed by atoms with Crippen molar-refractivity contribution in [3.63, 3.8) is 0 Å². The maximum absolute atomic E-state index is 11.4. The fourth-order valence-corrected chi connectivity index (χ4v) is 4.34. The molecule has 1 aliphatic carbocycles. The molecular weight excluding hydrogens is 481 g/mol. The number of halogens is 1. The summed E-state index contributed by atoms with van der Waals surface area (Å²) < 4.78 is 13.1. The topological polar surface area (TPSA) is 61.6 Å². The third kappa shape index (κ3) is 4.22. The van der Waals surface area contributed by atoms with Crippen molar-refractivity contribution in [1.29, 1.82) is 0 Å². The molecule has 0 heterocycles. The van der Waals surface area contributed by atoms with Gasteiger partial charge in [0.2, 0.25) is 0 Å². The van der Waals surface area contributed by atoms with Crippen LogP contribution in [0.15, 0.2) is 54.6 Å². The second kappa shape index (κ2) is 8.41. The largest absolute Gasteiger partial charge is 0.488 e. The summed E-state index contributed by atoms with van der Waals surface area (Å²) in [6.07, 6.45) is 2.45. The summed E-state index contributed by atoms with van der Waals surface area (Å²) in [5.41, 5.74) is 3.89. The van der Waals surface area contributed by atoms with E-state index in [1.807, 2.05) is 55.5 Å². The van der Waals surface area contributed by atoms with Crippen LogP contribution in [0.5, 0.6) is 17.2 Å². The van der Waals surface area contributed by atoms with Gasteiger partial charge in [0.15, 0.2) is 0 Å². The monoisotopic (exact) mass is 501 g/mol. The average Bonchev–Trinajstić information content (AvgIpc) is 3.19. The van der Waals surface area contributed by atoms with Gasteiger partial charge in [-0.25, -0.2) is 0 Å². The third-order valence-corrected chi connectivity index (χ3v) is 5.91. The summed E-state index contributed by atoms with van der Waals surface area (Å²) in [4.78, 5) is 11.1. The molecule has 0 bridgehead atoms. The second-order valence-electron chi connectivity index (χ2n) is 7.08. The molecule has 1 aliphatic rings. The predicted octanol–water partition coefficient (Wildman–Crippen LogP) is 6.37. The Morgan fingerprint density at radius 2 is 1.83 bits per heavy atom. The van der Waals surface area contributed by atoms with Crippen LogP contribution in [0.1, 0.15) is 28.7 Å². The molecule has 0 saturated heterocycles. The number of nitrogens with zero attached hydrogens (tertiary/aromatic N) is 1. The Kier molecular flexibility index (Phi) is 5.71. The Hall–Kier alpha value is -2.61. The van der Waals surface area contributed by atoms with Crippen LogP contribution in [-0.2, 0) is 19.4 Å². The van der Waals surface area contributed by atoms with Gasteiger partial charge in [-0.3, -0.25) is 10.1 Å². The number of fused-ring (bicyclic) bond motifs is 1. The highest BCUT2D eigenvalue weighted by molar-refractivity contribution is 14.1. The van der Waals surface area contributed by atoms with Gasteiger partial charge >= 0.3 is 0 Å². The van der Waals surface area contributed by atoms with Gasteiger partial charge in [0, 0.05) is 17.2 Å². The molecule has 0 N–H and O–H groups in total. The Labute approximate surface area is 183 Å². The SMILES string of the molecule is Cc1cc([N+](=O)[O-])c2c(c1Oc1ccc(OCc3ccccc3)c(I)c1)CCC2. The van der Waals surface area contributed by atoms with E-state index in [1.54, 1.807) is 6.07 Å². The van der Waals surface area contributed by atoms with Gasteiger partial charge in [-0.2, -0.15) is 0 Å². The normalized spacial score (nSPS) is 12.5. The fraction of sp³-hybridized carbons (Fsp3) is 0.217. The number of ether oxygens (including phenoxy) is 2. The Morgan fingerprint density at radius 3 is 2.55 bits per heavy atom. The zero-order chi connectivity index (χ0) is 20.4. The van der Waals surface area contributed by atoms with E-state index in [1.165, 1.54) is 0 Å². The van der Waals surface area contributed by atoms with Gasteiger partial charge in [-0.1, -0.05) is 30.3 Å². The summed E-state index contributed by atoms with van der Waals surface area (Å²) in [6, 6.07) is 17.4. The van der Waals surface area contributed by atoms with Gasteiger partial charge in [-0.15, -0.1) is 0 Å². The minimum absolute atomic E-state index is 0.210. The maximum Gasteiger partial charge on any atom is 0.273 e. The minimum atomic E-state index is -0.289. The highest BCUT2D eigenvalue weighted by Crippen LogP contribution is 2.42. The molecular formula is C23H20INO4. The van der Waals surface area contributed by atoms with Crippen LogP contribution < -0.4 is 9.47 Å². The minimum Gasteiger partial charge on any atom is -0.488 e. The van der Waals surface area contributed by atoms with Crippen molar-refractivity contribution in [2.24, 2.45) is 0 Å². The van der Waals surface area contributed by atoms with Crippen LogP contribution in [0.25, 0.3) is 0 Å². The van der Waals surface area contributed by atoms with Crippen molar-refractivity contribution < 1.29 is 14.4 Å². The molecule has 0 aliphatic heterocycles. The van der Waals surface area contributed by atoms with E-state index in [0.717, 1.165) is 56.6 Å². The third-order valence-electron chi connectivity index (χ3n) is 5.07. The molecule has 0 unspecified atom stereocenters. The molecule has 3 aromatic rings. The summed E-state index contributed by atoms with van der Waals surface area (Å²) in [5.74, 6) is 2.25. The molecule has 0 radical (unpaired) electrons. The van der Waals surface area contributed by atoms with Crippen molar-refractivity contribution in [1.82, 2.24) is 0 Å². The number of nitro groups is 1. The molecule has 0 atom stereocenters. The first-order chi connectivity index (χ1) is 14.0. The van der Waals surface area contributed by atoms with E-state index in [-0.39, 0.29) is 10.6 Å². The number of benzene rings is 3. The van der Waals surface area contributed by atoms with Crippen molar-refractivity contribution in [3.05, 3.63) is 90.5 Å². The smallest absolute Gasteiger partial charge is 0.273 e. The van der Waals surface area contributed by atoms with E-state index >= 15 is 0 Å². The molecule has 4 rings (SSSR count).